The summed E-state index contributed by atoms with van der Waals surface area (Å²) in [5.74, 6) is -0.968. The predicted octanol–water partition coefficient (Wildman–Crippen LogP) is 2.51. The summed E-state index contributed by atoms with van der Waals surface area (Å²) in [6.07, 6.45) is -7.97. The van der Waals surface area contributed by atoms with Crippen LogP contribution in [0, 0.1) is 0 Å². The van der Waals surface area contributed by atoms with Gasteiger partial charge in [0.15, 0.2) is 5.75 Å². The Bertz CT molecular complexity index is 405. The van der Waals surface area contributed by atoms with Gasteiger partial charge in [0.05, 0.1) is 12.8 Å². The molecule has 0 aromatic carbocycles. The Balaban J connectivity index is 3.51. The van der Waals surface area contributed by atoms with Crippen molar-refractivity contribution >= 4 is 0 Å². The molecule has 0 saturated carbocycles. The minimum absolute atomic E-state index is 0.270. The van der Waals surface area contributed by atoms with E-state index in [1.54, 1.807) is 0 Å². The van der Waals surface area contributed by atoms with Crippen LogP contribution < -0.4 is 10.5 Å². The van der Waals surface area contributed by atoms with Crippen LogP contribution in [0.3, 0.4) is 0 Å². The molecular formula is C9H9F5N2O. The molecule has 1 heterocycles. The van der Waals surface area contributed by atoms with Crippen LogP contribution in [0.1, 0.15) is 23.4 Å². The molecule has 0 atom stereocenters. The SMILES string of the molecule is COc1c(C(F)(F)F)cc(CN)nc1C(F)F. The summed E-state index contributed by atoms with van der Waals surface area (Å²) >= 11 is 0. The Morgan fingerprint density at radius 2 is 2.00 bits per heavy atom. The lowest BCUT2D eigenvalue weighted by molar-refractivity contribution is -0.139. The zero-order valence-corrected chi connectivity index (χ0v) is 8.68. The monoisotopic (exact) mass is 256 g/mol. The number of ether oxygens (including phenoxy) is 1. The molecule has 0 aliphatic heterocycles. The van der Waals surface area contributed by atoms with Gasteiger partial charge in [-0.15, -0.1) is 0 Å². The maximum Gasteiger partial charge on any atom is 0.420 e. The van der Waals surface area contributed by atoms with Gasteiger partial charge in [-0.05, 0) is 6.07 Å². The van der Waals surface area contributed by atoms with Crippen LogP contribution in [0.25, 0.3) is 0 Å². The fourth-order valence-corrected chi connectivity index (χ4v) is 1.29. The molecule has 0 amide bonds. The first-order valence-electron chi connectivity index (χ1n) is 4.44. The summed E-state index contributed by atoms with van der Waals surface area (Å²) in [7, 11) is 0.875. The van der Waals surface area contributed by atoms with Crippen molar-refractivity contribution in [1.82, 2.24) is 4.98 Å². The van der Waals surface area contributed by atoms with Gasteiger partial charge in [0.2, 0.25) is 0 Å². The third kappa shape index (κ3) is 2.82. The Kier molecular flexibility index (Phi) is 3.87. The van der Waals surface area contributed by atoms with E-state index in [0.29, 0.717) is 6.07 Å². The predicted molar refractivity (Wildman–Crippen MR) is 48.6 cm³/mol. The largest absolute Gasteiger partial charge is 0.494 e. The van der Waals surface area contributed by atoms with Crippen molar-refractivity contribution in [2.75, 3.05) is 7.11 Å². The standard InChI is InChI=1S/C9H9F5N2O/c1-17-7-5(9(12,13)14)2-4(3-15)16-6(7)8(10)11/h2,8H,3,15H2,1H3. The smallest absolute Gasteiger partial charge is 0.420 e. The molecule has 0 unspecified atom stereocenters. The molecule has 2 N–H and O–H groups in total. The second kappa shape index (κ2) is 4.82. The van der Waals surface area contributed by atoms with Gasteiger partial charge in [0, 0.05) is 6.54 Å². The molecular weight excluding hydrogens is 247 g/mol. The lowest BCUT2D eigenvalue weighted by Crippen LogP contribution is -2.14. The second-order valence-corrected chi connectivity index (χ2v) is 3.08. The third-order valence-corrected chi connectivity index (χ3v) is 1.98. The van der Waals surface area contributed by atoms with Gasteiger partial charge in [-0.25, -0.2) is 13.8 Å². The lowest BCUT2D eigenvalue weighted by atomic mass is 10.1. The number of pyridine rings is 1. The van der Waals surface area contributed by atoms with Crippen molar-refractivity contribution in [3.05, 3.63) is 23.0 Å². The van der Waals surface area contributed by atoms with Gasteiger partial charge in [-0.1, -0.05) is 0 Å². The van der Waals surface area contributed by atoms with E-state index in [-0.39, 0.29) is 12.2 Å². The zero-order chi connectivity index (χ0) is 13.2. The van der Waals surface area contributed by atoms with Crippen LogP contribution in [0.5, 0.6) is 5.75 Å². The van der Waals surface area contributed by atoms with Crippen LogP contribution in [0.2, 0.25) is 0 Å². The van der Waals surface area contributed by atoms with E-state index in [4.69, 9.17) is 5.73 Å². The highest BCUT2D eigenvalue weighted by molar-refractivity contribution is 5.41. The molecule has 1 aromatic rings. The van der Waals surface area contributed by atoms with Crippen molar-refractivity contribution in [3.63, 3.8) is 0 Å². The van der Waals surface area contributed by atoms with Crippen LogP contribution in [0.15, 0.2) is 6.07 Å². The first-order chi connectivity index (χ1) is 7.81. The van der Waals surface area contributed by atoms with Gasteiger partial charge in [0.25, 0.3) is 6.43 Å². The van der Waals surface area contributed by atoms with Crippen LogP contribution in [0.4, 0.5) is 22.0 Å². The minimum Gasteiger partial charge on any atom is -0.494 e. The molecule has 8 heteroatoms. The maximum absolute atomic E-state index is 12.6. The lowest BCUT2D eigenvalue weighted by Gasteiger charge is -2.16. The van der Waals surface area contributed by atoms with E-state index in [2.05, 4.69) is 9.72 Å². The summed E-state index contributed by atoms with van der Waals surface area (Å²) in [5.41, 5.74) is 2.48. The number of aromatic nitrogens is 1. The van der Waals surface area contributed by atoms with E-state index in [1.807, 2.05) is 0 Å². The Hall–Kier alpha value is -1.44. The summed E-state index contributed by atoms with van der Waals surface area (Å²) in [5, 5.41) is 0. The second-order valence-electron chi connectivity index (χ2n) is 3.08. The van der Waals surface area contributed by atoms with E-state index >= 15 is 0 Å². The number of halogens is 5. The van der Waals surface area contributed by atoms with Crippen molar-refractivity contribution in [2.45, 2.75) is 19.1 Å². The van der Waals surface area contributed by atoms with Crippen molar-refractivity contribution in [3.8, 4) is 5.75 Å². The fraction of sp³-hybridized carbons (Fsp3) is 0.444. The summed E-state index contributed by atoms with van der Waals surface area (Å²) < 4.78 is 67.3. The minimum atomic E-state index is -4.80. The molecule has 1 rings (SSSR count). The zero-order valence-electron chi connectivity index (χ0n) is 8.68. The Morgan fingerprint density at radius 1 is 1.41 bits per heavy atom. The van der Waals surface area contributed by atoms with E-state index in [0.717, 1.165) is 7.11 Å². The molecule has 0 saturated heterocycles. The number of nitrogens with two attached hydrogens (primary N) is 1. The van der Waals surface area contributed by atoms with Gasteiger partial charge in [-0.2, -0.15) is 13.2 Å². The van der Waals surface area contributed by atoms with Crippen molar-refractivity contribution in [1.29, 1.82) is 0 Å². The molecule has 3 nitrogen and oxygen atoms in total. The molecule has 0 bridgehead atoms. The molecule has 0 fully saturated rings. The molecule has 0 radical (unpaired) electrons. The molecule has 96 valence electrons. The number of hydrogen-bond donors (Lipinski definition) is 1. The first-order valence-corrected chi connectivity index (χ1v) is 4.44. The molecule has 17 heavy (non-hydrogen) atoms. The average molecular weight is 256 g/mol. The molecule has 0 spiro atoms. The maximum atomic E-state index is 12.6. The van der Waals surface area contributed by atoms with Crippen molar-refractivity contribution in [2.24, 2.45) is 5.73 Å². The average Bonchev–Trinajstić information content (AvgIpc) is 2.25. The topological polar surface area (TPSA) is 48.1 Å². The highest BCUT2D eigenvalue weighted by Crippen LogP contribution is 2.40. The Labute approximate surface area is 93.4 Å². The van der Waals surface area contributed by atoms with Crippen molar-refractivity contribution < 1.29 is 26.7 Å². The fourth-order valence-electron chi connectivity index (χ4n) is 1.29. The quantitative estimate of drug-likeness (QED) is 0.845. The number of nitrogens with zero attached hydrogens (tertiary/aromatic N) is 1. The molecule has 0 aliphatic rings. The summed E-state index contributed by atoms with van der Waals surface area (Å²) in [4.78, 5) is 3.34. The number of methoxy groups -OCH3 is 1. The van der Waals surface area contributed by atoms with Crippen LogP contribution in [-0.2, 0) is 12.7 Å². The molecule has 0 aliphatic carbocycles. The number of hydrogen-bond acceptors (Lipinski definition) is 3. The normalized spacial score (nSPS) is 12.0. The number of alkyl halides is 5. The van der Waals surface area contributed by atoms with E-state index < -0.39 is 29.6 Å². The highest BCUT2D eigenvalue weighted by Gasteiger charge is 2.37. The van der Waals surface area contributed by atoms with E-state index in [1.165, 1.54) is 0 Å². The van der Waals surface area contributed by atoms with E-state index in [9.17, 15) is 22.0 Å². The summed E-state index contributed by atoms with van der Waals surface area (Å²) in [6, 6.07) is 0.602. The summed E-state index contributed by atoms with van der Waals surface area (Å²) in [6.45, 7) is -0.368. The Morgan fingerprint density at radius 3 is 2.35 bits per heavy atom. The first kappa shape index (κ1) is 13.6. The third-order valence-electron chi connectivity index (χ3n) is 1.98. The molecule has 1 aromatic heterocycles. The van der Waals surface area contributed by atoms with Gasteiger partial charge in [-0.3, -0.25) is 0 Å². The highest BCUT2D eigenvalue weighted by atomic mass is 19.4. The van der Waals surface area contributed by atoms with Gasteiger partial charge < -0.3 is 10.5 Å². The van der Waals surface area contributed by atoms with Crippen LogP contribution >= 0.6 is 0 Å². The van der Waals surface area contributed by atoms with Gasteiger partial charge in [0.1, 0.15) is 11.3 Å². The van der Waals surface area contributed by atoms with Crippen LogP contribution in [-0.4, -0.2) is 12.1 Å². The van der Waals surface area contributed by atoms with Gasteiger partial charge >= 0.3 is 6.18 Å². The number of rotatable bonds is 3.